The van der Waals surface area contributed by atoms with Gasteiger partial charge in [-0.2, -0.15) is 0 Å². The Morgan fingerprint density at radius 1 is 1.26 bits per heavy atom. The van der Waals surface area contributed by atoms with Crippen molar-refractivity contribution in [3.63, 3.8) is 0 Å². The highest BCUT2D eigenvalue weighted by molar-refractivity contribution is 5.95. The van der Waals surface area contributed by atoms with E-state index in [1.165, 1.54) is 0 Å². The zero-order valence-electron chi connectivity index (χ0n) is 17.6. The van der Waals surface area contributed by atoms with Crippen LogP contribution < -0.4 is 10.1 Å². The van der Waals surface area contributed by atoms with Crippen LogP contribution in [0.1, 0.15) is 36.8 Å². The maximum atomic E-state index is 10.9. The van der Waals surface area contributed by atoms with Gasteiger partial charge in [-0.15, -0.1) is 10.2 Å². The van der Waals surface area contributed by atoms with Crippen LogP contribution in [0.25, 0.3) is 22.7 Å². The average Bonchev–Trinajstić information content (AvgIpc) is 3.35. The highest BCUT2D eigenvalue weighted by Crippen LogP contribution is 2.44. The van der Waals surface area contributed by atoms with E-state index in [-0.39, 0.29) is 11.8 Å². The van der Waals surface area contributed by atoms with Crippen LogP contribution in [0.4, 0.5) is 5.82 Å². The predicted molar refractivity (Wildman–Crippen MR) is 119 cm³/mol. The van der Waals surface area contributed by atoms with E-state index in [0.29, 0.717) is 34.9 Å². The van der Waals surface area contributed by atoms with Crippen LogP contribution in [0.15, 0.2) is 45.1 Å². The van der Waals surface area contributed by atoms with Crippen molar-refractivity contribution in [2.24, 2.45) is 10.2 Å². The highest BCUT2D eigenvalue weighted by atomic mass is 16.5. The molecule has 160 valence electrons. The number of piperazine rings is 1. The first-order valence-electron chi connectivity index (χ1n) is 10.6. The van der Waals surface area contributed by atoms with Gasteiger partial charge < -0.3 is 19.6 Å². The number of aromatic nitrogens is 1. The van der Waals surface area contributed by atoms with Gasteiger partial charge in [-0.1, -0.05) is 0 Å². The van der Waals surface area contributed by atoms with Crippen LogP contribution in [0, 0.1) is 0 Å². The van der Waals surface area contributed by atoms with Gasteiger partial charge in [-0.05, 0) is 38.1 Å². The fourth-order valence-corrected chi connectivity index (χ4v) is 4.26. The molecule has 0 spiro atoms. The van der Waals surface area contributed by atoms with E-state index in [1.807, 2.05) is 31.2 Å². The Morgan fingerprint density at radius 3 is 2.90 bits per heavy atom. The molecule has 1 unspecified atom stereocenters. The summed E-state index contributed by atoms with van der Waals surface area (Å²) in [7, 11) is 0. The predicted octanol–water partition coefficient (Wildman–Crippen LogP) is 4.49. The van der Waals surface area contributed by atoms with Crippen LogP contribution >= 0.6 is 0 Å². The van der Waals surface area contributed by atoms with E-state index in [0.717, 1.165) is 43.1 Å². The van der Waals surface area contributed by atoms with Crippen molar-refractivity contribution in [1.29, 1.82) is 0 Å². The molecule has 2 aromatic heterocycles. The lowest BCUT2D eigenvalue weighted by Gasteiger charge is -2.33. The number of furan rings is 1. The molecule has 0 amide bonds. The van der Waals surface area contributed by atoms with Crippen LogP contribution in [-0.2, 0) is 0 Å². The number of azo groups is 1. The summed E-state index contributed by atoms with van der Waals surface area (Å²) >= 11 is 0. The first-order chi connectivity index (χ1) is 15.2. The molecule has 8 heteroatoms. The van der Waals surface area contributed by atoms with Crippen molar-refractivity contribution < 1.29 is 14.3 Å². The molecule has 0 radical (unpaired) electrons. The Hall–Kier alpha value is -3.23. The van der Waals surface area contributed by atoms with Gasteiger partial charge in [0.05, 0.1) is 17.6 Å². The molecule has 1 aromatic carbocycles. The summed E-state index contributed by atoms with van der Waals surface area (Å²) < 4.78 is 12.2. The SMILES string of the molecule is CCOc1ccc2c(O)c(C=C3N=Nc4ncccc43)oc2c1C(C)N1CCNCC1. The molecule has 2 N–H and O–H groups in total. The fraction of sp³-hybridized carbons (Fsp3) is 0.348. The van der Waals surface area contributed by atoms with Crippen LogP contribution in [-0.4, -0.2) is 47.8 Å². The number of rotatable bonds is 5. The average molecular weight is 419 g/mol. The second-order valence-electron chi connectivity index (χ2n) is 7.67. The monoisotopic (exact) mass is 419 g/mol. The molecule has 1 saturated heterocycles. The summed E-state index contributed by atoms with van der Waals surface area (Å²) in [6.45, 7) is 8.46. The molecule has 2 aliphatic heterocycles. The zero-order valence-corrected chi connectivity index (χ0v) is 17.6. The smallest absolute Gasteiger partial charge is 0.183 e. The van der Waals surface area contributed by atoms with Crippen molar-refractivity contribution >= 4 is 28.6 Å². The number of benzene rings is 1. The van der Waals surface area contributed by atoms with Crippen molar-refractivity contribution in [3.8, 4) is 11.5 Å². The number of nitrogens with one attached hydrogen (secondary N) is 1. The third-order valence-corrected chi connectivity index (χ3v) is 5.86. The third-order valence-electron chi connectivity index (χ3n) is 5.86. The van der Waals surface area contributed by atoms with E-state index in [4.69, 9.17) is 9.15 Å². The second kappa shape index (κ2) is 8.13. The normalized spacial score (nSPS) is 18.6. The first-order valence-corrected chi connectivity index (χ1v) is 10.6. The van der Waals surface area contributed by atoms with E-state index in [1.54, 1.807) is 12.3 Å². The van der Waals surface area contributed by atoms with E-state index < -0.39 is 0 Å². The summed E-state index contributed by atoms with van der Waals surface area (Å²) in [5.41, 5.74) is 3.02. The van der Waals surface area contributed by atoms with Crippen LogP contribution in [0.5, 0.6) is 11.5 Å². The Balaban J connectivity index is 1.62. The molecule has 1 atom stereocenters. The summed E-state index contributed by atoms with van der Waals surface area (Å²) in [5, 5.41) is 23.3. The lowest BCUT2D eigenvalue weighted by Crippen LogP contribution is -2.44. The highest BCUT2D eigenvalue weighted by Gasteiger charge is 2.27. The summed E-state index contributed by atoms with van der Waals surface area (Å²) in [5.74, 6) is 1.79. The maximum Gasteiger partial charge on any atom is 0.183 e. The fourth-order valence-electron chi connectivity index (χ4n) is 4.26. The largest absolute Gasteiger partial charge is 0.504 e. The van der Waals surface area contributed by atoms with Gasteiger partial charge >= 0.3 is 0 Å². The molecular weight excluding hydrogens is 394 g/mol. The molecule has 0 aliphatic carbocycles. The molecule has 8 nitrogen and oxygen atoms in total. The third kappa shape index (κ3) is 3.47. The second-order valence-corrected chi connectivity index (χ2v) is 7.67. The zero-order chi connectivity index (χ0) is 21.4. The Kier molecular flexibility index (Phi) is 5.17. The molecule has 1 fully saturated rings. The van der Waals surface area contributed by atoms with Crippen molar-refractivity contribution in [1.82, 2.24) is 15.2 Å². The minimum absolute atomic E-state index is 0.0782. The van der Waals surface area contributed by atoms with Gasteiger partial charge in [0, 0.05) is 50.1 Å². The Labute approximate surface area is 180 Å². The molecule has 4 heterocycles. The first kappa shape index (κ1) is 19.7. The lowest BCUT2D eigenvalue weighted by molar-refractivity contribution is 0.181. The number of hydrogen-bond donors (Lipinski definition) is 2. The van der Waals surface area contributed by atoms with Gasteiger partial charge in [-0.3, -0.25) is 4.90 Å². The van der Waals surface area contributed by atoms with Crippen molar-refractivity contribution in [3.05, 3.63) is 47.3 Å². The maximum absolute atomic E-state index is 10.9. The molecule has 2 aliphatic rings. The van der Waals surface area contributed by atoms with E-state index >= 15 is 0 Å². The Bertz CT molecular complexity index is 1180. The number of pyridine rings is 1. The number of ether oxygens (including phenoxy) is 1. The topological polar surface area (TPSA) is 95.5 Å². The standard InChI is InChI=1S/C23H25N5O3/c1-3-30-18-7-6-16-21(29)19(13-17-15-5-4-8-25-23(15)27-26-17)31-22(16)20(18)14(2)28-11-9-24-10-12-28/h4-8,13-14,24,29H,3,9-12H2,1-2H3. The Morgan fingerprint density at radius 2 is 2.10 bits per heavy atom. The lowest BCUT2D eigenvalue weighted by atomic mass is 10.0. The molecule has 3 aromatic rings. The van der Waals surface area contributed by atoms with Gasteiger partial charge in [0.25, 0.3) is 0 Å². The van der Waals surface area contributed by atoms with Crippen molar-refractivity contribution in [2.75, 3.05) is 32.8 Å². The summed E-state index contributed by atoms with van der Waals surface area (Å²) in [4.78, 5) is 6.62. The van der Waals surface area contributed by atoms with Crippen LogP contribution in [0.2, 0.25) is 0 Å². The van der Waals surface area contributed by atoms with Gasteiger partial charge in [0.2, 0.25) is 0 Å². The molecular formula is C23H25N5O3. The minimum atomic E-state index is 0.0782. The summed E-state index contributed by atoms with van der Waals surface area (Å²) in [6, 6.07) is 7.58. The van der Waals surface area contributed by atoms with Crippen LogP contribution in [0.3, 0.4) is 0 Å². The molecule has 0 saturated carbocycles. The minimum Gasteiger partial charge on any atom is -0.504 e. The van der Waals surface area contributed by atoms with Gasteiger partial charge in [0.1, 0.15) is 17.0 Å². The van der Waals surface area contributed by atoms with Gasteiger partial charge in [-0.25, -0.2) is 4.98 Å². The van der Waals surface area contributed by atoms with Gasteiger partial charge in [0.15, 0.2) is 17.3 Å². The number of fused-ring (bicyclic) bond motifs is 2. The molecule has 31 heavy (non-hydrogen) atoms. The molecule has 0 bridgehead atoms. The number of hydrogen-bond acceptors (Lipinski definition) is 8. The number of aromatic hydroxyl groups is 1. The van der Waals surface area contributed by atoms with E-state index in [9.17, 15) is 5.11 Å². The van der Waals surface area contributed by atoms with E-state index in [2.05, 4.69) is 32.4 Å². The molecule has 5 rings (SSSR count). The quantitative estimate of drug-likeness (QED) is 0.632. The van der Waals surface area contributed by atoms with Crippen molar-refractivity contribution in [2.45, 2.75) is 19.9 Å². The summed E-state index contributed by atoms with van der Waals surface area (Å²) in [6.07, 6.45) is 3.39. The number of nitrogens with zero attached hydrogens (tertiary/aromatic N) is 4.